The standard InChI is InChI=1S/C25H19Cl2F3N2O2/c1-15(8-23(33)32-14-21-4-2-3-7-31-21)16-5-6-22-17(9-16)13-24(34-22,25(28,29)30)18-10-19(26)12-20(27)11-18/h2-12H,13-14H2,1H3,(H,32,33)/b15-8+. The zero-order valence-corrected chi connectivity index (χ0v) is 19.4. The van der Waals surface area contributed by atoms with Crippen molar-refractivity contribution in [2.75, 3.05) is 0 Å². The van der Waals surface area contributed by atoms with Gasteiger partial charge in [0.2, 0.25) is 11.5 Å². The minimum atomic E-state index is -4.73. The van der Waals surface area contributed by atoms with E-state index in [1.807, 2.05) is 6.07 Å². The number of carbonyl (C=O) groups excluding carboxylic acids is 1. The van der Waals surface area contributed by atoms with E-state index in [4.69, 9.17) is 27.9 Å². The highest BCUT2D eigenvalue weighted by atomic mass is 35.5. The van der Waals surface area contributed by atoms with Gasteiger partial charge in [-0.2, -0.15) is 13.2 Å². The Balaban J connectivity index is 1.58. The summed E-state index contributed by atoms with van der Waals surface area (Å²) in [5, 5.41) is 2.91. The smallest absolute Gasteiger partial charge is 0.432 e. The van der Waals surface area contributed by atoms with Crippen molar-refractivity contribution in [2.24, 2.45) is 0 Å². The van der Waals surface area contributed by atoms with Crippen molar-refractivity contribution >= 4 is 34.7 Å². The van der Waals surface area contributed by atoms with Crippen LogP contribution in [0.5, 0.6) is 5.75 Å². The molecule has 176 valence electrons. The second-order valence-corrected chi connectivity index (χ2v) is 8.82. The van der Waals surface area contributed by atoms with Gasteiger partial charge in [0.25, 0.3) is 0 Å². The molecule has 0 saturated carbocycles. The minimum absolute atomic E-state index is 0.0851. The number of halogens is 5. The molecule has 4 rings (SSSR count). The fourth-order valence-electron chi connectivity index (χ4n) is 3.84. The van der Waals surface area contributed by atoms with Crippen molar-refractivity contribution in [3.8, 4) is 5.75 Å². The number of carbonyl (C=O) groups is 1. The highest BCUT2D eigenvalue weighted by molar-refractivity contribution is 6.34. The summed E-state index contributed by atoms with van der Waals surface area (Å²) in [6.45, 7) is 1.98. The second-order valence-electron chi connectivity index (χ2n) is 7.95. The van der Waals surface area contributed by atoms with Gasteiger partial charge in [0.15, 0.2) is 0 Å². The molecule has 4 nitrogen and oxygen atoms in total. The molecule has 1 N–H and O–H groups in total. The summed E-state index contributed by atoms with van der Waals surface area (Å²) in [7, 11) is 0. The summed E-state index contributed by atoms with van der Waals surface area (Å²) in [6.07, 6.45) is -2.15. The molecule has 34 heavy (non-hydrogen) atoms. The van der Waals surface area contributed by atoms with Crippen molar-refractivity contribution in [3.05, 3.63) is 99.3 Å². The number of nitrogens with zero attached hydrogens (tertiary/aromatic N) is 1. The first-order chi connectivity index (χ1) is 16.1. The quantitative estimate of drug-likeness (QED) is 0.401. The first-order valence-corrected chi connectivity index (χ1v) is 11.0. The molecule has 0 saturated heterocycles. The average molecular weight is 507 g/mol. The number of allylic oxidation sites excluding steroid dienone is 1. The summed E-state index contributed by atoms with van der Waals surface area (Å²) in [5.74, 6) is -0.220. The van der Waals surface area contributed by atoms with Crippen LogP contribution in [0.2, 0.25) is 10.0 Å². The number of amides is 1. The lowest BCUT2D eigenvalue weighted by Gasteiger charge is -2.31. The number of fused-ring (bicyclic) bond motifs is 1. The summed E-state index contributed by atoms with van der Waals surface area (Å²) < 4.78 is 48.4. The van der Waals surface area contributed by atoms with Crippen molar-refractivity contribution < 1.29 is 22.7 Å². The largest absolute Gasteiger partial charge is 0.472 e. The first kappa shape index (κ1) is 24.1. The number of rotatable bonds is 5. The van der Waals surface area contributed by atoms with E-state index in [-0.39, 0.29) is 33.8 Å². The maximum Gasteiger partial charge on any atom is 0.432 e. The molecule has 1 amide bonds. The van der Waals surface area contributed by atoms with E-state index in [1.54, 1.807) is 37.4 Å². The molecule has 1 aliphatic rings. The van der Waals surface area contributed by atoms with Gasteiger partial charge < -0.3 is 10.1 Å². The van der Waals surface area contributed by atoms with Crippen LogP contribution in [0.25, 0.3) is 5.57 Å². The predicted molar refractivity (Wildman–Crippen MR) is 125 cm³/mol. The first-order valence-electron chi connectivity index (χ1n) is 10.3. The molecule has 1 atom stereocenters. The summed E-state index contributed by atoms with van der Waals surface area (Å²) in [4.78, 5) is 16.4. The third-order valence-electron chi connectivity index (χ3n) is 5.54. The third kappa shape index (κ3) is 4.91. The fraction of sp³-hybridized carbons (Fsp3) is 0.200. The van der Waals surface area contributed by atoms with E-state index in [2.05, 4.69) is 10.3 Å². The molecule has 0 fully saturated rings. The Morgan fingerprint density at radius 3 is 2.53 bits per heavy atom. The van der Waals surface area contributed by atoms with E-state index in [9.17, 15) is 18.0 Å². The molecule has 0 radical (unpaired) electrons. The SMILES string of the molecule is C/C(=C\C(=O)NCc1ccccn1)c1ccc2c(c1)CC(c1cc(Cl)cc(Cl)c1)(C(F)(F)F)O2. The van der Waals surface area contributed by atoms with Crippen molar-refractivity contribution in [1.82, 2.24) is 10.3 Å². The number of alkyl halides is 3. The summed E-state index contributed by atoms with van der Waals surface area (Å²) >= 11 is 12.0. The molecule has 0 spiro atoms. The van der Waals surface area contributed by atoms with Gasteiger partial charge in [-0.05, 0) is 66.1 Å². The Kier molecular flexibility index (Phi) is 6.60. The normalized spacial score (nSPS) is 17.8. The van der Waals surface area contributed by atoms with E-state index >= 15 is 0 Å². The summed E-state index contributed by atoms with van der Waals surface area (Å²) in [5.41, 5.74) is -0.501. The molecule has 9 heteroatoms. The van der Waals surface area contributed by atoms with Crippen LogP contribution in [0.1, 0.15) is 29.3 Å². The van der Waals surface area contributed by atoms with Crippen molar-refractivity contribution in [2.45, 2.75) is 31.7 Å². The van der Waals surface area contributed by atoms with Crippen LogP contribution in [0.4, 0.5) is 13.2 Å². The molecule has 1 aromatic heterocycles. The molecule has 0 aliphatic carbocycles. The Morgan fingerprint density at radius 1 is 1.15 bits per heavy atom. The van der Waals surface area contributed by atoms with Gasteiger partial charge in [0, 0.05) is 34.3 Å². The van der Waals surface area contributed by atoms with Gasteiger partial charge in [-0.3, -0.25) is 9.78 Å². The predicted octanol–water partition coefficient (Wildman–Crippen LogP) is 6.50. The highest BCUT2D eigenvalue weighted by Gasteiger charge is 2.61. The van der Waals surface area contributed by atoms with Gasteiger partial charge in [0.1, 0.15) is 5.75 Å². The van der Waals surface area contributed by atoms with Crippen LogP contribution >= 0.6 is 23.2 Å². The topological polar surface area (TPSA) is 51.2 Å². The fourth-order valence-corrected chi connectivity index (χ4v) is 4.36. The molecular formula is C25H19Cl2F3N2O2. The summed E-state index contributed by atoms with van der Waals surface area (Å²) in [6, 6.07) is 13.9. The van der Waals surface area contributed by atoms with Gasteiger partial charge in [-0.25, -0.2) is 0 Å². The maximum atomic E-state index is 14.3. The lowest BCUT2D eigenvalue weighted by atomic mass is 9.88. The molecule has 1 unspecified atom stereocenters. The Hall–Kier alpha value is -3.03. The van der Waals surface area contributed by atoms with Crippen LogP contribution in [0.3, 0.4) is 0 Å². The molecular weight excluding hydrogens is 488 g/mol. The van der Waals surface area contributed by atoms with E-state index in [0.29, 0.717) is 22.4 Å². The minimum Gasteiger partial charge on any atom is -0.472 e. The number of nitrogens with one attached hydrogen (secondary N) is 1. The second kappa shape index (κ2) is 9.31. The number of benzene rings is 2. The van der Waals surface area contributed by atoms with E-state index in [0.717, 1.165) is 0 Å². The van der Waals surface area contributed by atoms with Crippen LogP contribution in [0, 0.1) is 0 Å². The number of hydrogen-bond donors (Lipinski definition) is 1. The monoisotopic (exact) mass is 506 g/mol. The van der Waals surface area contributed by atoms with Crippen molar-refractivity contribution in [3.63, 3.8) is 0 Å². The average Bonchev–Trinajstić information content (AvgIpc) is 3.18. The van der Waals surface area contributed by atoms with Crippen molar-refractivity contribution in [1.29, 1.82) is 0 Å². The maximum absolute atomic E-state index is 14.3. The molecule has 1 aliphatic heterocycles. The number of pyridine rings is 1. The van der Waals surface area contributed by atoms with Crippen LogP contribution in [-0.4, -0.2) is 17.1 Å². The number of ether oxygens (including phenoxy) is 1. The van der Waals surface area contributed by atoms with E-state index in [1.165, 1.54) is 30.3 Å². The highest BCUT2D eigenvalue weighted by Crippen LogP contribution is 2.52. The third-order valence-corrected chi connectivity index (χ3v) is 5.98. The van der Waals surface area contributed by atoms with Gasteiger partial charge >= 0.3 is 6.18 Å². The molecule has 2 aromatic carbocycles. The lowest BCUT2D eigenvalue weighted by molar-refractivity contribution is -0.248. The molecule has 2 heterocycles. The number of aromatic nitrogens is 1. The Labute approximate surface area is 204 Å². The Bertz CT molecular complexity index is 1240. The Morgan fingerprint density at radius 2 is 1.88 bits per heavy atom. The molecule has 3 aromatic rings. The lowest BCUT2D eigenvalue weighted by Crippen LogP contribution is -2.46. The number of hydrogen-bond acceptors (Lipinski definition) is 3. The zero-order valence-electron chi connectivity index (χ0n) is 17.9. The van der Waals surface area contributed by atoms with Gasteiger partial charge in [0.05, 0.1) is 12.2 Å². The van der Waals surface area contributed by atoms with Crippen LogP contribution in [0.15, 0.2) is 66.9 Å². The zero-order chi connectivity index (χ0) is 24.5. The van der Waals surface area contributed by atoms with E-state index < -0.39 is 18.2 Å². The van der Waals surface area contributed by atoms with Gasteiger partial charge in [-0.15, -0.1) is 0 Å². The molecule has 0 bridgehead atoms. The van der Waals surface area contributed by atoms with Gasteiger partial charge in [-0.1, -0.05) is 35.3 Å². The van der Waals surface area contributed by atoms with Crippen LogP contribution < -0.4 is 10.1 Å². The van der Waals surface area contributed by atoms with Crippen LogP contribution in [-0.2, 0) is 23.4 Å².